The molecule has 156 valence electrons. The maximum Gasteiger partial charge on any atom is 0.328 e. The molecule has 2 aromatic heterocycles. The summed E-state index contributed by atoms with van der Waals surface area (Å²) in [6.07, 6.45) is 4.05. The van der Waals surface area contributed by atoms with Crippen LogP contribution in [0.5, 0.6) is 0 Å². The summed E-state index contributed by atoms with van der Waals surface area (Å²) in [6, 6.07) is 9.65. The summed E-state index contributed by atoms with van der Waals surface area (Å²) in [7, 11) is 0. The van der Waals surface area contributed by atoms with Gasteiger partial charge in [0.25, 0.3) is 0 Å². The number of thioether (sulfide) groups is 1. The van der Waals surface area contributed by atoms with Gasteiger partial charge < -0.3 is 9.64 Å². The number of ether oxygens (including phenoxy) is 1. The second-order valence-electron chi connectivity index (χ2n) is 7.01. The highest BCUT2D eigenvalue weighted by Crippen LogP contribution is 2.37. The number of carbonyl (C=O) groups is 2. The largest absolute Gasteiger partial charge is 0.464 e. The molecule has 1 atom stereocenters. The van der Waals surface area contributed by atoms with Crippen molar-refractivity contribution in [1.82, 2.24) is 14.9 Å². The molecule has 0 radical (unpaired) electrons. The molecule has 1 aliphatic heterocycles. The highest BCUT2D eigenvalue weighted by atomic mass is 32.2. The predicted molar refractivity (Wildman–Crippen MR) is 120 cm³/mol. The molecular formula is C22H23N3O3S2. The van der Waals surface area contributed by atoms with E-state index in [0.29, 0.717) is 19.6 Å². The third kappa shape index (κ3) is 4.34. The number of piperidine rings is 1. The number of benzene rings is 1. The van der Waals surface area contributed by atoms with Gasteiger partial charge in [-0.05, 0) is 31.7 Å². The molecule has 4 rings (SSSR count). The number of esters is 1. The van der Waals surface area contributed by atoms with Crippen LogP contribution in [0.4, 0.5) is 0 Å². The van der Waals surface area contributed by atoms with Gasteiger partial charge >= 0.3 is 5.97 Å². The lowest BCUT2D eigenvalue weighted by molar-refractivity contribution is -0.155. The molecule has 1 aliphatic rings. The number of rotatable bonds is 6. The molecule has 6 nitrogen and oxygen atoms in total. The molecule has 0 aliphatic carbocycles. The van der Waals surface area contributed by atoms with Crippen molar-refractivity contribution in [2.45, 2.75) is 37.3 Å². The summed E-state index contributed by atoms with van der Waals surface area (Å²) >= 11 is 2.98. The zero-order valence-electron chi connectivity index (χ0n) is 16.7. The highest BCUT2D eigenvalue weighted by Gasteiger charge is 2.33. The molecule has 3 heterocycles. The van der Waals surface area contributed by atoms with Crippen LogP contribution in [0.1, 0.15) is 26.2 Å². The molecule has 8 heteroatoms. The topological polar surface area (TPSA) is 72.4 Å². The molecule has 1 saturated heterocycles. The van der Waals surface area contributed by atoms with Crippen molar-refractivity contribution in [3.05, 3.63) is 42.0 Å². The molecule has 0 unspecified atom stereocenters. The van der Waals surface area contributed by atoms with Crippen molar-refractivity contribution in [2.75, 3.05) is 18.9 Å². The van der Waals surface area contributed by atoms with Gasteiger partial charge in [0.1, 0.15) is 22.2 Å². The molecule has 1 aromatic carbocycles. The molecule has 30 heavy (non-hydrogen) atoms. The van der Waals surface area contributed by atoms with E-state index in [0.717, 1.165) is 39.2 Å². The van der Waals surface area contributed by atoms with E-state index in [1.54, 1.807) is 29.5 Å². The van der Waals surface area contributed by atoms with Crippen LogP contribution in [0.2, 0.25) is 0 Å². The van der Waals surface area contributed by atoms with Crippen LogP contribution >= 0.6 is 23.1 Å². The Morgan fingerprint density at radius 3 is 2.87 bits per heavy atom. The van der Waals surface area contributed by atoms with E-state index in [1.807, 2.05) is 18.2 Å². The van der Waals surface area contributed by atoms with Gasteiger partial charge in [-0.1, -0.05) is 42.1 Å². The lowest BCUT2D eigenvalue weighted by Crippen LogP contribution is -2.49. The van der Waals surface area contributed by atoms with Crippen molar-refractivity contribution in [1.29, 1.82) is 0 Å². The molecule has 0 N–H and O–H groups in total. The van der Waals surface area contributed by atoms with Gasteiger partial charge in [0, 0.05) is 17.5 Å². The van der Waals surface area contributed by atoms with E-state index >= 15 is 0 Å². The average molecular weight is 442 g/mol. The summed E-state index contributed by atoms with van der Waals surface area (Å²) in [4.78, 5) is 36.7. The van der Waals surface area contributed by atoms with Crippen molar-refractivity contribution < 1.29 is 14.3 Å². The number of carbonyl (C=O) groups excluding carboxylic acids is 2. The number of hydrogen-bond donors (Lipinski definition) is 0. The van der Waals surface area contributed by atoms with Gasteiger partial charge in [0.05, 0.1) is 17.7 Å². The predicted octanol–water partition coefficient (Wildman–Crippen LogP) is 4.39. The number of thiophene rings is 1. The highest BCUT2D eigenvalue weighted by molar-refractivity contribution is 8.00. The number of amides is 1. The van der Waals surface area contributed by atoms with E-state index in [4.69, 9.17) is 4.74 Å². The van der Waals surface area contributed by atoms with E-state index in [9.17, 15) is 9.59 Å². The van der Waals surface area contributed by atoms with Crippen LogP contribution in [-0.4, -0.2) is 51.7 Å². The third-order valence-electron chi connectivity index (χ3n) is 5.13. The summed E-state index contributed by atoms with van der Waals surface area (Å²) in [6.45, 7) is 2.70. The average Bonchev–Trinajstić information content (AvgIpc) is 3.23. The Labute approximate surface area is 183 Å². The normalized spacial score (nSPS) is 16.6. The van der Waals surface area contributed by atoms with Crippen LogP contribution in [0, 0.1) is 0 Å². The Hall–Kier alpha value is -2.45. The molecule has 0 saturated carbocycles. The van der Waals surface area contributed by atoms with E-state index < -0.39 is 6.04 Å². The number of hydrogen-bond acceptors (Lipinski definition) is 7. The van der Waals surface area contributed by atoms with Crippen LogP contribution in [0.15, 0.2) is 47.1 Å². The van der Waals surface area contributed by atoms with Gasteiger partial charge in [-0.3, -0.25) is 4.79 Å². The van der Waals surface area contributed by atoms with Crippen LogP contribution in [0.25, 0.3) is 21.3 Å². The number of aromatic nitrogens is 2. The summed E-state index contributed by atoms with van der Waals surface area (Å²) < 4.78 is 5.18. The quantitative estimate of drug-likeness (QED) is 0.321. The minimum absolute atomic E-state index is 0.0546. The van der Waals surface area contributed by atoms with Gasteiger partial charge in [0.15, 0.2) is 0 Å². The number of fused-ring (bicyclic) bond motifs is 1. The monoisotopic (exact) mass is 441 g/mol. The Balaban J connectivity index is 1.54. The third-order valence-corrected chi connectivity index (χ3v) is 7.00. The first-order valence-corrected chi connectivity index (χ1v) is 11.9. The first-order chi connectivity index (χ1) is 14.7. The Morgan fingerprint density at radius 1 is 1.23 bits per heavy atom. The van der Waals surface area contributed by atoms with Crippen LogP contribution in [-0.2, 0) is 14.3 Å². The van der Waals surface area contributed by atoms with Crippen molar-refractivity contribution >= 4 is 45.2 Å². The molecular weight excluding hydrogens is 418 g/mol. The van der Waals surface area contributed by atoms with Gasteiger partial charge in [-0.25, -0.2) is 14.8 Å². The lowest BCUT2D eigenvalue weighted by atomic mass is 10.0. The summed E-state index contributed by atoms with van der Waals surface area (Å²) in [5, 5.41) is 3.85. The minimum atomic E-state index is -0.474. The maximum absolute atomic E-state index is 13.0. The first kappa shape index (κ1) is 20.8. The van der Waals surface area contributed by atoms with Gasteiger partial charge in [0.2, 0.25) is 5.91 Å². The van der Waals surface area contributed by atoms with Crippen molar-refractivity contribution in [3.63, 3.8) is 0 Å². The Bertz CT molecular complexity index is 1040. The zero-order chi connectivity index (χ0) is 20.9. The zero-order valence-corrected chi connectivity index (χ0v) is 18.4. The van der Waals surface area contributed by atoms with Crippen molar-refractivity contribution in [2.24, 2.45) is 0 Å². The van der Waals surface area contributed by atoms with Crippen molar-refractivity contribution in [3.8, 4) is 11.1 Å². The number of nitrogens with zero attached hydrogens (tertiary/aromatic N) is 3. The molecule has 1 amide bonds. The summed E-state index contributed by atoms with van der Waals surface area (Å²) in [5.74, 6) is -0.128. The second-order valence-corrected chi connectivity index (χ2v) is 8.84. The Morgan fingerprint density at radius 2 is 2.07 bits per heavy atom. The molecule has 3 aromatic rings. The van der Waals surface area contributed by atoms with Gasteiger partial charge in [-0.2, -0.15) is 0 Å². The van der Waals surface area contributed by atoms with Gasteiger partial charge in [-0.15, -0.1) is 11.3 Å². The molecule has 1 fully saturated rings. The standard InChI is InChI=1S/C22H23N3O3S2/c1-2-28-22(27)17-10-6-7-11-25(17)18(26)13-30-21-19-16(15-8-4-3-5-9-15)12-29-20(19)23-14-24-21/h3-5,8-9,12,14,17H,2,6-7,10-11,13H2,1H3/t17-/m0/s1. The molecule has 0 spiro atoms. The smallest absolute Gasteiger partial charge is 0.328 e. The molecule has 0 bridgehead atoms. The van der Waals surface area contributed by atoms with E-state index in [1.165, 1.54) is 11.8 Å². The fourth-order valence-corrected chi connectivity index (χ4v) is 5.59. The fraction of sp³-hybridized carbons (Fsp3) is 0.364. The van der Waals surface area contributed by atoms with Crippen LogP contribution < -0.4 is 0 Å². The fourth-order valence-electron chi connectivity index (χ4n) is 3.71. The SMILES string of the molecule is CCOC(=O)[C@@H]1CCCCN1C(=O)CSc1ncnc2scc(-c3ccccc3)c12. The first-order valence-electron chi connectivity index (χ1n) is 10.1. The minimum Gasteiger partial charge on any atom is -0.464 e. The van der Waals surface area contributed by atoms with E-state index in [2.05, 4.69) is 27.5 Å². The maximum atomic E-state index is 13.0. The Kier molecular flexibility index (Phi) is 6.64. The van der Waals surface area contributed by atoms with Crippen LogP contribution in [0.3, 0.4) is 0 Å². The summed E-state index contributed by atoms with van der Waals surface area (Å²) in [5.41, 5.74) is 2.18. The number of likely N-dealkylation sites (tertiary alicyclic amines) is 1. The van der Waals surface area contributed by atoms with E-state index in [-0.39, 0.29) is 17.6 Å². The lowest BCUT2D eigenvalue weighted by Gasteiger charge is -2.34. The second kappa shape index (κ2) is 9.57.